The summed E-state index contributed by atoms with van der Waals surface area (Å²) in [6.07, 6.45) is 1.36. The van der Waals surface area contributed by atoms with Crippen LogP contribution >= 0.6 is 0 Å². The molecule has 1 saturated heterocycles. The molecule has 2 N–H and O–H groups in total. The van der Waals surface area contributed by atoms with Crippen LogP contribution < -0.4 is 5.73 Å². The van der Waals surface area contributed by atoms with E-state index in [0.717, 1.165) is 17.2 Å². The number of piperidine rings is 1. The molecule has 35 heavy (non-hydrogen) atoms. The van der Waals surface area contributed by atoms with Crippen LogP contribution in [0.1, 0.15) is 49.8 Å². The van der Waals surface area contributed by atoms with Gasteiger partial charge in [-0.15, -0.1) is 0 Å². The molecule has 2 atom stereocenters. The minimum absolute atomic E-state index is 0.0637. The van der Waals surface area contributed by atoms with E-state index in [-0.39, 0.29) is 30.6 Å². The van der Waals surface area contributed by atoms with Crippen molar-refractivity contribution in [2.75, 3.05) is 6.54 Å². The van der Waals surface area contributed by atoms with E-state index in [2.05, 4.69) is 0 Å². The summed E-state index contributed by atoms with van der Waals surface area (Å²) in [7, 11) is 0. The molecule has 0 bridgehead atoms. The zero-order valence-electron chi connectivity index (χ0n) is 19.4. The van der Waals surface area contributed by atoms with Crippen LogP contribution in [0, 0.1) is 17.5 Å². The molecular weight excluding hydrogens is 453 g/mol. The smallest absolute Gasteiger partial charge is 0.223 e. The van der Waals surface area contributed by atoms with Crippen LogP contribution in [0.2, 0.25) is 0 Å². The first kappa shape index (κ1) is 24.5. The van der Waals surface area contributed by atoms with E-state index < -0.39 is 23.0 Å². The highest BCUT2D eigenvalue weighted by atomic mass is 19.1. The van der Waals surface area contributed by atoms with Gasteiger partial charge in [0.15, 0.2) is 0 Å². The first-order chi connectivity index (χ1) is 16.7. The van der Waals surface area contributed by atoms with Crippen molar-refractivity contribution in [3.05, 3.63) is 95.3 Å². The number of hydrogen-bond donors (Lipinski definition) is 1. The first-order valence-corrected chi connectivity index (χ1v) is 11.6. The number of amides is 2. The second-order valence-corrected chi connectivity index (χ2v) is 9.19. The molecule has 3 aromatic rings. The molecule has 1 fully saturated rings. The average molecular weight is 481 g/mol. The fraction of sp³-hybridized carbons (Fsp3) is 0.286. The standard InChI is InChI=1S/C28H27F3N2O2/c1-18(19-2-4-20(5-3-19)24-11-10-23(30)16-25(24)31)33-15-14-28(17-27(33)35,13-12-26(32)34)21-6-8-22(29)9-7-21/h2-11,16,18H,12-15,17H2,1H3,(H2,32,34)/t18-,28+/m0/s1. The number of hydrogen-bond acceptors (Lipinski definition) is 2. The molecule has 0 unspecified atom stereocenters. The maximum atomic E-state index is 14.1. The molecule has 1 aliphatic rings. The average Bonchev–Trinajstić information content (AvgIpc) is 2.83. The predicted molar refractivity (Wildman–Crippen MR) is 128 cm³/mol. The van der Waals surface area contributed by atoms with Crippen molar-refractivity contribution in [3.63, 3.8) is 0 Å². The molecule has 0 radical (unpaired) electrons. The van der Waals surface area contributed by atoms with Crippen molar-refractivity contribution in [1.29, 1.82) is 0 Å². The maximum absolute atomic E-state index is 14.1. The van der Waals surface area contributed by atoms with Gasteiger partial charge >= 0.3 is 0 Å². The number of primary amides is 1. The third-order valence-corrected chi connectivity index (χ3v) is 7.05. The highest BCUT2D eigenvalue weighted by Crippen LogP contribution is 2.42. The summed E-state index contributed by atoms with van der Waals surface area (Å²) in [5.41, 5.74) is 7.44. The number of carbonyl (C=O) groups is 2. The summed E-state index contributed by atoms with van der Waals surface area (Å²) < 4.78 is 40.9. The summed E-state index contributed by atoms with van der Waals surface area (Å²) in [5.74, 6) is -2.13. The molecule has 1 aliphatic heterocycles. The summed E-state index contributed by atoms with van der Waals surface area (Å²) in [6, 6.07) is 16.5. The van der Waals surface area contributed by atoms with E-state index in [1.807, 2.05) is 19.1 Å². The van der Waals surface area contributed by atoms with Crippen LogP contribution in [0.25, 0.3) is 11.1 Å². The van der Waals surface area contributed by atoms with E-state index >= 15 is 0 Å². The van der Waals surface area contributed by atoms with Gasteiger partial charge in [-0.05, 0) is 60.7 Å². The van der Waals surface area contributed by atoms with E-state index in [1.165, 1.54) is 24.3 Å². The molecule has 2 amide bonds. The van der Waals surface area contributed by atoms with Gasteiger partial charge in [0.05, 0.1) is 6.04 Å². The number of likely N-dealkylation sites (tertiary alicyclic amines) is 1. The summed E-state index contributed by atoms with van der Waals surface area (Å²) in [6.45, 7) is 2.39. The first-order valence-electron chi connectivity index (χ1n) is 11.6. The van der Waals surface area contributed by atoms with E-state index in [0.29, 0.717) is 30.5 Å². The van der Waals surface area contributed by atoms with Crippen LogP contribution in [0.3, 0.4) is 0 Å². The number of nitrogens with zero attached hydrogens (tertiary/aromatic N) is 1. The van der Waals surface area contributed by atoms with Crippen molar-refractivity contribution in [1.82, 2.24) is 4.90 Å². The topological polar surface area (TPSA) is 63.4 Å². The van der Waals surface area contributed by atoms with Gasteiger partial charge in [-0.1, -0.05) is 36.4 Å². The predicted octanol–water partition coefficient (Wildman–Crippen LogP) is 5.66. The summed E-state index contributed by atoms with van der Waals surface area (Å²) >= 11 is 0. The molecule has 0 spiro atoms. The van der Waals surface area contributed by atoms with Gasteiger partial charge in [0, 0.05) is 36.4 Å². The summed E-state index contributed by atoms with van der Waals surface area (Å²) in [5, 5.41) is 0. The normalized spacial score (nSPS) is 19.0. The Labute approximate surface area is 202 Å². The van der Waals surface area contributed by atoms with Crippen LogP contribution in [0.5, 0.6) is 0 Å². The second-order valence-electron chi connectivity index (χ2n) is 9.19. The van der Waals surface area contributed by atoms with Gasteiger partial charge in [0.2, 0.25) is 11.8 Å². The molecule has 0 saturated carbocycles. The van der Waals surface area contributed by atoms with E-state index in [1.54, 1.807) is 29.2 Å². The zero-order chi connectivity index (χ0) is 25.2. The van der Waals surface area contributed by atoms with Crippen molar-refractivity contribution in [3.8, 4) is 11.1 Å². The Morgan fingerprint density at radius 2 is 1.66 bits per heavy atom. The van der Waals surface area contributed by atoms with Gasteiger partial charge in [0.1, 0.15) is 17.5 Å². The Kier molecular flexibility index (Phi) is 6.96. The molecule has 3 aromatic carbocycles. The van der Waals surface area contributed by atoms with Crippen molar-refractivity contribution >= 4 is 11.8 Å². The van der Waals surface area contributed by atoms with Gasteiger partial charge in [-0.2, -0.15) is 0 Å². The highest BCUT2D eigenvalue weighted by molar-refractivity contribution is 5.80. The van der Waals surface area contributed by atoms with Crippen LogP contribution in [0.4, 0.5) is 13.2 Å². The largest absolute Gasteiger partial charge is 0.370 e. The minimum Gasteiger partial charge on any atom is -0.370 e. The lowest BCUT2D eigenvalue weighted by molar-refractivity contribution is -0.139. The third kappa shape index (κ3) is 5.24. The molecule has 4 nitrogen and oxygen atoms in total. The fourth-order valence-corrected chi connectivity index (χ4v) is 4.96. The Hall–Kier alpha value is -3.61. The van der Waals surface area contributed by atoms with Crippen molar-refractivity contribution in [2.45, 2.75) is 44.1 Å². The number of carbonyl (C=O) groups excluding carboxylic acids is 2. The lowest BCUT2D eigenvalue weighted by Gasteiger charge is -2.44. The molecular formula is C28H27F3N2O2. The summed E-state index contributed by atoms with van der Waals surface area (Å²) in [4.78, 5) is 26.6. The second kappa shape index (κ2) is 9.94. The van der Waals surface area contributed by atoms with Gasteiger partial charge in [-0.3, -0.25) is 9.59 Å². The van der Waals surface area contributed by atoms with Gasteiger partial charge in [-0.25, -0.2) is 13.2 Å². The molecule has 1 heterocycles. The Morgan fingerprint density at radius 1 is 1.00 bits per heavy atom. The Balaban J connectivity index is 1.53. The number of halogens is 3. The lowest BCUT2D eigenvalue weighted by atomic mass is 9.69. The van der Waals surface area contributed by atoms with E-state index in [4.69, 9.17) is 5.73 Å². The van der Waals surface area contributed by atoms with Crippen LogP contribution in [0.15, 0.2) is 66.7 Å². The minimum atomic E-state index is -0.634. The van der Waals surface area contributed by atoms with Gasteiger partial charge < -0.3 is 10.6 Å². The fourth-order valence-electron chi connectivity index (χ4n) is 4.96. The molecule has 182 valence electrons. The van der Waals surface area contributed by atoms with Crippen molar-refractivity contribution in [2.24, 2.45) is 5.73 Å². The van der Waals surface area contributed by atoms with Crippen molar-refractivity contribution < 1.29 is 22.8 Å². The van der Waals surface area contributed by atoms with Crippen LogP contribution in [-0.4, -0.2) is 23.3 Å². The quantitative estimate of drug-likeness (QED) is 0.475. The lowest BCUT2D eigenvalue weighted by Crippen LogP contribution is -2.47. The van der Waals surface area contributed by atoms with Crippen LogP contribution in [-0.2, 0) is 15.0 Å². The number of benzene rings is 3. The number of rotatable bonds is 7. The van der Waals surface area contributed by atoms with E-state index in [9.17, 15) is 22.8 Å². The molecule has 4 rings (SSSR count). The monoisotopic (exact) mass is 480 g/mol. The third-order valence-electron chi connectivity index (χ3n) is 7.05. The SMILES string of the molecule is C[C@@H](c1ccc(-c2ccc(F)cc2F)cc1)N1CC[C@@](CCC(N)=O)(c2ccc(F)cc2)CC1=O. The highest BCUT2D eigenvalue weighted by Gasteiger charge is 2.41. The number of nitrogens with two attached hydrogens (primary N) is 1. The Bertz CT molecular complexity index is 1230. The maximum Gasteiger partial charge on any atom is 0.223 e. The molecule has 0 aromatic heterocycles. The van der Waals surface area contributed by atoms with Gasteiger partial charge in [0.25, 0.3) is 0 Å². The Morgan fingerprint density at radius 3 is 2.26 bits per heavy atom. The molecule has 7 heteroatoms. The molecule has 0 aliphatic carbocycles. The zero-order valence-corrected chi connectivity index (χ0v) is 19.4.